The summed E-state index contributed by atoms with van der Waals surface area (Å²) < 4.78 is 13.6. The number of imidazole rings is 1. The van der Waals surface area contributed by atoms with Crippen LogP contribution in [0.2, 0.25) is 0 Å². The lowest BCUT2D eigenvalue weighted by molar-refractivity contribution is -0.144. The second-order valence-electron chi connectivity index (χ2n) is 11.1. The highest BCUT2D eigenvalue weighted by Gasteiger charge is 2.28. The summed E-state index contributed by atoms with van der Waals surface area (Å²) in [6, 6.07) is 24.8. The number of fused-ring (bicyclic) bond motifs is 2. The molecule has 2 aliphatic rings. The van der Waals surface area contributed by atoms with E-state index in [0.717, 1.165) is 82.0 Å². The van der Waals surface area contributed by atoms with Crippen LogP contribution in [0.25, 0.3) is 39.2 Å². The van der Waals surface area contributed by atoms with Crippen molar-refractivity contribution in [3.05, 3.63) is 96.3 Å². The van der Waals surface area contributed by atoms with E-state index in [1.54, 1.807) is 0 Å². The number of hydrogen-bond acceptors (Lipinski definition) is 5. The van der Waals surface area contributed by atoms with Gasteiger partial charge in [0.15, 0.2) is 11.5 Å². The lowest BCUT2D eigenvalue weighted by Crippen LogP contribution is -2.43. The first-order valence-corrected chi connectivity index (χ1v) is 14.6. The molecule has 2 aromatic heterocycles. The quantitative estimate of drug-likeness (QED) is 0.245. The van der Waals surface area contributed by atoms with Gasteiger partial charge in [0.05, 0.1) is 11.9 Å². The highest BCUT2D eigenvalue weighted by molar-refractivity contribution is 5.81. The summed E-state index contributed by atoms with van der Waals surface area (Å²) in [6.45, 7) is 4.79. The first kappa shape index (κ1) is 26.3. The second-order valence-corrected chi connectivity index (χ2v) is 11.1. The molecule has 0 aliphatic carbocycles. The van der Waals surface area contributed by atoms with Crippen molar-refractivity contribution in [1.82, 2.24) is 14.3 Å². The number of nitrogens with zero attached hydrogens (tertiary/aromatic N) is 3. The van der Waals surface area contributed by atoms with Gasteiger partial charge in [-0.15, -0.1) is 0 Å². The van der Waals surface area contributed by atoms with Gasteiger partial charge < -0.3 is 14.6 Å². The Labute approximate surface area is 245 Å². The number of aliphatic carboxylic acids is 1. The molecule has 0 saturated carbocycles. The fraction of sp³-hybridized carbons (Fsp3) is 0.257. The third kappa shape index (κ3) is 4.90. The SMILES string of the molecule is Cc1c(-c2ccc3c(c2)OCCO3)cccc1-c1ccn2c(-c3ccc(CN4CCCCC4C(=O)O)cc3)cnc2c1. The molecule has 42 heavy (non-hydrogen) atoms. The summed E-state index contributed by atoms with van der Waals surface area (Å²) in [4.78, 5) is 18.5. The molecule has 7 rings (SSSR count). The molecule has 5 aromatic rings. The average Bonchev–Trinajstić information content (AvgIpc) is 3.45. The largest absolute Gasteiger partial charge is 0.486 e. The van der Waals surface area contributed by atoms with E-state index < -0.39 is 12.0 Å². The summed E-state index contributed by atoms with van der Waals surface area (Å²) in [7, 11) is 0. The van der Waals surface area contributed by atoms with Crippen molar-refractivity contribution >= 4 is 11.6 Å². The van der Waals surface area contributed by atoms with Gasteiger partial charge in [0.25, 0.3) is 0 Å². The minimum Gasteiger partial charge on any atom is -0.486 e. The predicted octanol–water partition coefficient (Wildman–Crippen LogP) is 6.85. The van der Waals surface area contributed by atoms with Crippen LogP contribution >= 0.6 is 0 Å². The van der Waals surface area contributed by atoms with Crippen molar-refractivity contribution < 1.29 is 19.4 Å². The van der Waals surface area contributed by atoms with E-state index in [1.165, 1.54) is 5.56 Å². The molecule has 1 saturated heterocycles. The van der Waals surface area contributed by atoms with Gasteiger partial charge in [-0.1, -0.05) is 55.0 Å². The molecular weight excluding hydrogens is 526 g/mol. The van der Waals surface area contributed by atoms with E-state index in [0.29, 0.717) is 19.8 Å². The fourth-order valence-electron chi connectivity index (χ4n) is 6.31. The Morgan fingerprint density at radius 1 is 0.905 bits per heavy atom. The zero-order valence-electron chi connectivity index (χ0n) is 23.6. The van der Waals surface area contributed by atoms with Gasteiger partial charge in [-0.25, -0.2) is 4.98 Å². The lowest BCUT2D eigenvalue weighted by atomic mass is 9.93. The molecule has 0 amide bonds. The molecule has 0 radical (unpaired) electrons. The number of pyridine rings is 1. The highest BCUT2D eigenvalue weighted by Crippen LogP contribution is 2.38. The number of aromatic nitrogens is 2. The Kier molecular flexibility index (Phi) is 6.88. The number of piperidine rings is 1. The average molecular weight is 560 g/mol. The number of rotatable bonds is 6. The van der Waals surface area contributed by atoms with Crippen LogP contribution in [0.15, 0.2) is 85.2 Å². The van der Waals surface area contributed by atoms with Gasteiger partial charge in [0.2, 0.25) is 0 Å². The number of carboxylic acids is 1. The smallest absolute Gasteiger partial charge is 0.320 e. The van der Waals surface area contributed by atoms with Gasteiger partial charge in [-0.05, 0) is 84.0 Å². The Balaban J connectivity index is 1.14. The molecule has 1 N–H and O–H groups in total. The number of carboxylic acid groups (broad SMARTS) is 1. The maximum absolute atomic E-state index is 11.7. The maximum Gasteiger partial charge on any atom is 0.320 e. The van der Waals surface area contributed by atoms with E-state index in [9.17, 15) is 9.90 Å². The monoisotopic (exact) mass is 559 g/mol. The van der Waals surface area contributed by atoms with Gasteiger partial charge in [0.1, 0.15) is 24.9 Å². The van der Waals surface area contributed by atoms with Crippen molar-refractivity contribution in [1.29, 1.82) is 0 Å². The standard InChI is InChI=1S/C35H33N3O4/c1-23-28(26-12-13-32-33(19-26)42-18-17-41-32)5-4-6-29(23)27-14-16-38-31(21-36-34(38)20-27)25-10-8-24(9-11-25)22-37-15-3-2-7-30(37)35(39)40/h4-6,8-14,16,19-21,30H,2-3,7,15,17-18,22H2,1H3,(H,39,40). The predicted molar refractivity (Wildman–Crippen MR) is 163 cm³/mol. The van der Waals surface area contributed by atoms with Crippen LogP contribution in [0.5, 0.6) is 11.5 Å². The molecule has 7 nitrogen and oxygen atoms in total. The Bertz CT molecular complexity index is 1780. The fourth-order valence-corrected chi connectivity index (χ4v) is 6.31. The van der Waals surface area contributed by atoms with E-state index in [4.69, 9.17) is 14.5 Å². The molecule has 1 unspecified atom stereocenters. The molecule has 212 valence electrons. The van der Waals surface area contributed by atoms with Gasteiger partial charge >= 0.3 is 5.97 Å². The first-order valence-electron chi connectivity index (χ1n) is 14.6. The molecule has 0 bridgehead atoms. The van der Waals surface area contributed by atoms with E-state index in [-0.39, 0.29) is 0 Å². The molecule has 4 heterocycles. The van der Waals surface area contributed by atoms with Crippen LogP contribution in [0.4, 0.5) is 0 Å². The molecule has 3 aromatic carbocycles. The zero-order chi connectivity index (χ0) is 28.6. The molecular formula is C35H33N3O4. The van der Waals surface area contributed by atoms with E-state index >= 15 is 0 Å². The van der Waals surface area contributed by atoms with Crippen LogP contribution in [0.3, 0.4) is 0 Å². The number of benzene rings is 3. The summed E-state index contributed by atoms with van der Waals surface area (Å²) in [5.41, 5.74) is 9.83. The van der Waals surface area contributed by atoms with Gasteiger partial charge in [-0.3, -0.25) is 14.1 Å². The lowest BCUT2D eigenvalue weighted by Gasteiger charge is -2.32. The molecule has 0 spiro atoms. The molecule has 1 fully saturated rings. The second kappa shape index (κ2) is 11.0. The summed E-state index contributed by atoms with van der Waals surface area (Å²) >= 11 is 0. The zero-order valence-corrected chi connectivity index (χ0v) is 23.6. The number of likely N-dealkylation sites (tertiary alicyclic amines) is 1. The molecule has 7 heteroatoms. The minimum absolute atomic E-state index is 0.391. The minimum atomic E-state index is -0.721. The van der Waals surface area contributed by atoms with Gasteiger partial charge in [-0.2, -0.15) is 0 Å². The van der Waals surface area contributed by atoms with Crippen molar-refractivity contribution in [3.63, 3.8) is 0 Å². The third-order valence-corrected chi connectivity index (χ3v) is 8.55. The highest BCUT2D eigenvalue weighted by atomic mass is 16.6. The van der Waals surface area contributed by atoms with Crippen LogP contribution < -0.4 is 9.47 Å². The van der Waals surface area contributed by atoms with Crippen molar-refractivity contribution in [2.75, 3.05) is 19.8 Å². The van der Waals surface area contributed by atoms with Crippen LogP contribution in [0, 0.1) is 6.92 Å². The Morgan fingerprint density at radius 2 is 1.64 bits per heavy atom. The van der Waals surface area contributed by atoms with Crippen LogP contribution in [-0.2, 0) is 11.3 Å². The van der Waals surface area contributed by atoms with E-state index in [1.807, 2.05) is 12.3 Å². The van der Waals surface area contributed by atoms with Crippen molar-refractivity contribution in [3.8, 4) is 45.0 Å². The maximum atomic E-state index is 11.7. The Morgan fingerprint density at radius 3 is 2.43 bits per heavy atom. The third-order valence-electron chi connectivity index (χ3n) is 8.55. The summed E-state index contributed by atoms with van der Waals surface area (Å²) in [6.07, 6.45) is 6.75. The number of ether oxygens (including phenoxy) is 2. The van der Waals surface area contributed by atoms with Crippen molar-refractivity contribution in [2.45, 2.75) is 38.8 Å². The molecule has 1 atom stereocenters. The van der Waals surface area contributed by atoms with Crippen LogP contribution in [0.1, 0.15) is 30.4 Å². The topological polar surface area (TPSA) is 76.3 Å². The number of carbonyl (C=O) groups is 1. The van der Waals surface area contributed by atoms with Crippen molar-refractivity contribution in [2.24, 2.45) is 0 Å². The van der Waals surface area contributed by atoms with Crippen LogP contribution in [-0.4, -0.2) is 51.2 Å². The van der Waals surface area contributed by atoms with Gasteiger partial charge in [0, 0.05) is 18.3 Å². The van der Waals surface area contributed by atoms with E-state index in [2.05, 4.69) is 89.2 Å². The molecule has 2 aliphatic heterocycles. The Hall–Kier alpha value is -4.62. The normalized spacial score (nSPS) is 16.9. The summed E-state index contributed by atoms with van der Waals surface area (Å²) in [5, 5.41) is 9.61. The first-order chi connectivity index (χ1) is 20.5. The summed E-state index contributed by atoms with van der Waals surface area (Å²) in [5.74, 6) is 0.864. The number of hydrogen-bond donors (Lipinski definition) is 1.